The van der Waals surface area contributed by atoms with Gasteiger partial charge in [-0.25, -0.2) is 4.99 Å². The average Bonchev–Trinajstić information content (AvgIpc) is 2.72. The van der Waals surface area contributed by atoms with E-state index in [-0.39, 0.29) is 5.75 Å². The molecule has 2 N–H and O–H groups in total. The second-order valence-corrected chi connectivity index (χ2v) is 7.57. The molecule has 3 rings (SSSR count). The number of phenolic OH excluding ortho intramolecular Hbond substituents is 1. The Morgan fingerprint density at radius 2 is 1.96 bits per heavy atom. The molecular formula is C23H32N4O. The first kappa shape index (κ1) is 20.2. The third-order valence-corrected chi connectivity index (χ3v) is 5.55. The van der Waals surface area contributed by atoms with Crippen LogP contribution in [-0.2, 0) is 6.42 Å². The predicted molar refractivity (Wildman–Crippen MR) is 116 cm³/mol. The summed E-state index contributed by atoms with van der Waals surface area (Å²) in [5, 5.41) is 13.6. The number of likely N-dealkylation sites (N-methyl/N-ethyl adjacent to an activating group) is 1. The predicted octanol–water partition coefficient (Wildman–Crippen LogP) is 4.70. The Hall–Kier alpha value is -2.56. The summed E-state index contributed by atoms with van der Waals surface area (Å²) in [5.74, 6) is 1.68. The smallest absolute Gasteiger partial charge is 0.198 e. The van der Waals surface area contributed by atoms with Crippen molar-refractivity contribution in [3.05, 3.63) is 54.4 Å². The Labute approximate surface area is 168 Å². The fourth-order valence-electron chi connectivity index (χ4n) is 3.75. The first-order valence-electron chi connectivity index (χ1n) is 10.4. The summed E-state index contributed by atoms with van der Waals surface area (Å²) >= 11 is 0. The molecule has 0 saturated heterocycles. The summed E-state index contributed by atoms with van der Waals surface area (Å²) in [5.41, 5.74) is 1.77. The molecule has 2 atom stereocenters. The molecule has 2 unspecified atom stereocenters. The number of hydrogen-bond acceptors (Lipinski definition) is 3. The van der Waals surface area contributed by atoms with E-state index >= 15 is 0 Å². The lowest BCUT2D eigenvalue weighted by molar-refractivity contribution is 0.327. The molecule has 1 aliphatic carbocycles. The number of hydrogen-bond donors (Lipinski definition) is 2. The van der Waals surface area contributed by atoms with Gasteiger partial charge in [0, 0.05) is 31.4 Å². The highest BCUT2D eigenvalue weighted by molar-refractivity contribution is 5.95. The molecule has 1 saturated carbocycles. The minimum absolute atomic E-state index is 0.243. The Morgan fingerprint density at radius 3 is 2.68 bits per heavy atom. The average molecular weight is 381 g/mol. The highest BCUT2D eigenvalue weighted by Gasteiger charge is 2.23. The van der Waals surface area contributed by atoms with Crippen LogP contribution in [0.5, 0.6) is 5.75 Å². The molecule has 0 bridgehead atoms. The fourth-order valence-corrected chi connectivity index (χ4v) is 3.75. The second kappa shape index (κ2) is 10.1. The monoisotopic (exact) mass is 380 g/mol. The lowest BCUT2D eigenvalue weighted by atomic mass is 9.86. The van der Waals surface area contributed by atoms with Gasteiger partial charge in [-0.15, -0.1) is 0 Å². The third-order valence-electron chi connectivity index (χ3n) is 5.55. The molecule has 28 heavy (non-hydrogen) atoms. The number of guanidine groups is 1. The van der Waals surface area contributed by atoms with Crippen molar-refractivity contribution in [2.24, 2.45) is 10.9 Å². The van der Waals surface area contributed by atoms with Crippen LogP contribution in [0.15, 0.2) is 53.7 Å². The molecule has 2 aromatic rings. The molecule has 5 heteroatoms. The first-order valence-corrected chi connectivity index (χ1v) is 10.4. The van der Waals surface area contributed by atoms with Gasteiger partial charge in [0.15, 0.2) is 5.96 Å². The van der Waals surface area contributed by atoms with Gasteiger partial charge in [-0.05, 0) is 49.9 Å². The van der Waals surface area contributed by atoms with Crippen molar-refractivity contribution in [1.82, 2.24) is 9.88 Å². The highest BCUT2D eigenvalue weighted by atomic mass is 16.3. The van der Waals surface area contributed by atoms with Gasteiger partial charge in [-0.3, -0.25) is 4.98 Å². The van der Waals surface area contributed by atoms with Crippen LogP contribution in [0.4, 0.5) is 5.69 Å². The minimum atomic E-state index is 0.243. The summed E-state index contributed by atoms with van der Waals surface area (Å²) < 4.78 is 0. The Bertz CT molecular complexity index is 762. The summed E-state index contributed by atoms with van der Waals surface area (Å²) in [6.45, 7) is 6.11. The zero-order valence-electron chi connectivity index (χ0n) is 17.0. The van der Waals surface area contributed by atoms with E-state index < -0.39 is 0 Å². The second-order valence-electron chi connectivity index (χ2n) is 7.57. The van der Waals surface area contributed by atoms with Crippen molar-refractivity contribution < 1.29 is 5.11 Å². The van der Waals surface area contributed by atoms with Gasteiger partial charge in [-0.1, -0.05) is 38.0 Å². The van der Waals surface area contributed by atoms with Crippen LogP contribution in [0, 0.1) is 5.92 Å². The fraction of sp³-hybridized carbons (Fsp3) is 0.478. The molecule has 5 nitrogen and oxygen atoms in total. The number of rotatable bonds is 6. The Balaban J connectivity index is 1.81. The maximum Gasteiger partial charge on any atom is 0.198 e. The molecule has 1 aromatic heterocycles. The molecule has 1 heterocycles. The van der Waals surface area contributed by atoms with Gasteiger partial charge in [0.05, 0.1) is 11.7 Å². The molecule has 1 aromatic carbocycles. The summed E-state index contributed by atoms with van der Waals surface area (Å²) in [6.07, 6.45) is 7.60. The molecule has 0 amide bonds. The van der Waals surface area contributed by atoms with E-state index in [1.165, 1.54) is 19.3 Å². The van der Waals surface area contributed by atoms with Crippen LogP contribution in [-0.4, -0.2) is 40.1 Å². The first-order chi connectivity index (χ1) is 13.7. The number of aliphatic imine (C=N–C) groups is 1. The Morgan fingerprint density at radius 1 is 1.18 bits per heavy atom. The van der Waals surface area contributed by atoms with Crippen LogP contribution in [0.1, 0.15) is 45.2 Å². The van der Waals surface area contributed by atoms with E-state index in [1.807, 2.05) is 36.5 Å². The lowest BCUT2D eigenvalue weighted by Crippen LogP contribution is -2.39. The van der Waals surface area contributed by atoms with E-state index in [4.69, 9.17) is 4.99 Å². The lowest BCUT2D eigenvalue weighted by Gasteiger charge is -2.30. The van der Waals surface area contributed by atoms with Crippen molar-refractivity contribution >= 4 is 11.6 Å². The van der Waals surface area contributed by atoms with Gasteiger partial charge >= 0.3 is 0 Å². The van der Waals surface area contributed by atoms with Crippen LogP contribution >= 0.6 is 0 Å². The quantitative estimate of drug-likeness (QED) is 0.433. The van der Waals surface area contributed by atoms with Gasteiger partial charge in [-0.2, -0.15) is 0 Å². The number of phenols is 1. The largest absolute Gasteiger partial charge is 0.506 e. The van der Waals surface area contributed by atoms with Gasteiger partial charge in [0.25, 0.3) is 0 Å². The van der Waals surface area contributed by atoms with Crippen molar-refractivity contribution in [3.63, 3.8) is 0 Å². The molecule has 0 spiro atoms. The minimum Gasteiger partial charge on any atom is -0.506 e. The number of nitrogens with one attached hydrogen (secondary N) is 1. The van der Waals surface area contributed by atoms with Crippen LogP contribution in [0.2, 0.25) is 0 Å². The number of nitrogens with zero attached hydrogens (tertiary/aromatic N) is 3. The van der Waals surface area contributed by atoms with Gasteiger partial charge < -0.3 is 15.3 Å². The van der Waals surface area contributed by atoms with E-state index in [1.54, 1.807) is 6.07 Å². The number of aromatic nitrogens is 1. The zero-order chi connectivity index (χ0) is 19.8. The van der Waals surface area contributed by atoms with E-state index in [0.717, 1.165) is 37.6 Å². The van der Waals surface area contributed by atoms with Crippen molar-refractivity contribution in [1.29, 1.82) is 0 Å². The van der Waals surface area contributed by atoms with Crippen LogP contribution < -0.4 is 5.32 Å². The molecule has 0 radical (unpaired) electrons. The Kier molecular flexibility index (Phi) is 7.29. The summed E-state index contributed by atoms with van der Waals surface area (Å²) in [4.78, 5) is 11.8. The number of pyridine rings is 1. The van der Waals surface area contributed by atoms with Crippen molar-refractivity contribution in [3.8, 4) is 5.75 Å². The standard InChI is InChI=1S/C23H32N4O/c1-3-27(17-15-19-11-8-9-16-24-19)23(25-20-12-5-4-10-18(20)2)26-21-13-6-7-14-22(21)28/h6-9,11,13-14,16,18,20,28H,3-5,10,12,15,17H2,1-2H3,(H,25,26). The van der Waals surface area contributed by atoms with E-state index in [2.05, 4.69) is 35.1 Å². The van der Waals surface area contributed by atoms with Gasteiger partial charge in [0.1, 0.15) is 5.75 Å². The number of aromatic hydroxyl groups is 1. The molecule has 0 aliphatic heterocycles. The zero-order valence-corrected chi connectivity index (χ0v) is 17.0. The van der Waals surface area contributed by atoms with E-state index in [9.17, 15) is 5.11 Å². The highest BCUT2D eigenvalue weighted by Crippen LogP contribution is 2.27. The molecule has 1 aliphatic rings. The maximum absolute atomic E-state index is 10.2. The topological polar surface area (TPSA) is 60.8 Å². The van der Waals surface area contributed by atoms with Crippen molar-refractivity contribution in [2.45, 2.75) is 52.0 Å². The number of benzene rings is 1. The maximum atomic E-state index is 10.2. The molecule has 150 valence electrons. The normalized spacial score (nSPS) is 20.0. The third kappa shape index (κ3) is 5.47. The van der Waals surface area contributed by atoms with Crippen LogP contribution in [0.3, 0.4) is 0 Å². The summed E-state index contributed by atoms with van der Waals surface area (Å²) in [7, 11) is 0. The van der Waals surface area contributed by atoms with Crippen molar-refractivity contribution in [2.75, 3.05) is 18.4 Å². The number of anilines is 1. The van der Waals surface area contributed by atoms with Crippen LogP contribution in [0.25, 0.3) is 0 Å². The molecule has 1 fully saturated rings. The number of para-hydroxylation sites is 2. The summed E-state index contributed by atoms with van der Waals surface area (Å²) in [6, 6.07) is 13.7. The molecular weight excluding hydrogens is 348 g/mol. The SMILES string of the molecule is CCN(CCc1ccccn1)C(=NC1CCCCC1C)Nc1ccccc1O. The van der Waals surface area contributed by atoms with Gasteiger partial charge in [0.2, 0.25) is 0 Å². The van der Waals surface area contributed by atoms with E-state index in [0.29, 0.717) is 17.6 Å².